The van der Waals surface area contributed by atoms with E-state index in [4.69, 9.17) is 16.9 Å². The molecule has 2 atom stereocenters. The maximum Gasteiger partial charge on any atom is 0.274 e. The number of carbonyl (C=O) groups is 1. The fraction of sp³-hybridized carbons (Fsp3) is 0.370. The molecule has 2 aromatic carbocycles. The maximum absolute atomic E-state index is 15.5. The van der Waals surface area contributed by atoms with E-state index < -0.39 is 11.6 Å². The molecule has 1 N–H and O–H groups in total. The molecule has 2 aliphatic rings. The van der Waals surface area contributed by atoms with E-state index in [9.17, 15) is 9.18 Å². The highest BCUT2D eigenvalue weighted by Crippen LogP contribution is 2.31. The molecule has 0 spiro atoms. The van der Waals surface area contributed by atoms with E-state index in [1.54, 1.807) is 35.2 Å². The fourth-order valence-corrected chi connectivity index (χ4v) is 5.28. The van der Waals surface area contributed by atoms with Crippen LogP contribution in [0.2, 0.25) is 0 Å². The third-order valence-electron chi connectivity index (χ3n) is 7.09. The van der Waals surface area contributed by atoms with E-state index in [2.05, 4.69) is 10.4 Å². The summed E-state index contributed by atoms with van der Waals surface area (Å²) >= 11 is 6.22. The van der Waals surface area contributed by atoms with Crippen LogP contribution in [-0.4, -0.2) is 65.2 Å². The van der Waals surface area contributed by atoms with Gasteiger partial charge in [0.15, 0.2) is 11.5 Å². The fourth-order valence-electron chi connectivity index (χ4n) is 5.02. The molecule has 2 saturated heterocycles. The summed E-state index contributed by atoms with van der Waals surface area (Å²) in [7, 11) is 1.87. The molecule has 5 rings (SSSR count). The number of piperidine rings is 1. The molecule has 0 aliphatic carbocycles. The molecule has 2 aliphatic heterocycles. The zero-order valence-electron chi connectivity index (χ0n) is 20.4. The number of hydrogen-bond acceptors (Lipinski definition) is 5. The van der Waals surface area contributed by atoms with Crippen LogP contribution >= 0.6 is 11.6 Å². The Hall–Kier alpha value is -3.48. The first-order valence-corrected chi connectivity index (χ1v) is 12.8. The van der Waals surface area contributed by atoms with Gasteiger partial charge in [-0.2, -0.15) is 10.4 Å². The zero-order valence-corrected chi connectivity index (χ0v) is 21.2. The van der Waals surface area contributed by atoms with Crippen molar-refractivity contribution in [3.63, 3.8) is 0 Å². The van der Waals surface area contributed by atoms with Gasteiger partial charge < -0.3 is 15.1 Å². The number of rotatable bonds is 5. The molecule has 0 radical (unpaired) electrons. The highest BCUT2D eigenvalue weighted by molar-refractivity contribution is 6.21. The van der Waals surface area contributed by atoms with Gasteiger partial charge in [-0.15, -0.1) is 11.6 Å². The minimum Gasteiger partial charge on any atom is -0.370 e. The number of benzene rings is 2. The Labute approximate surface area is 219 Å². The summed E-state index contributed by atoms with van der Waals surface area (Å²) < 4.78 is 31.4. The van der Waals surface area contributed by atoms with E-state index in [0.29, 0.717) is 36.6 Å². The minimum atomic E-state index is -0.700. The average molecular weight is 525 g/mol. The summed E-state index contributed by atoms with van der Waals surface area (Å²) in [4.78, 5) is 17.1. The van der Waals surface area contributed by atoms with Crippen molar-refractivity contribution in [2.45, 2.75) is 30.7 Å². The van der Waals surface area contributed by atoms with Gasteiger partial charge in [-0.1, -0.05) is 6.07 Å². The van der Waals surface area contributed by atoms with Crippen LogP contribution in [0.25, 0.3) is 16.9 Å². The highest BCUT2D eigenvalue weighted by atomic mass is 35.5. The third kappa shape index (κ3) is 5.04. The van der Waals surface area contributed by atoms with E-state index in [-0.39, 0.29) is 34.3 Å². The second-order valence-electron chi connectivity index (χ2n) is 9.48. The van der Waals surface area contributed by atoms with Crippen LogP contribution in [0, 0.1) is 23.0 Å². The largest absolute Gasteiger partial charge is 0.370 e. The Kier molecular flexibility index (Phi) is 7.13. The van der Waals surface area contributed by atoms with Crippen LogP contribution < -0.4 is 10.2 Å². The van der Waals surface area contributed by atoms with E-state index >= 15 is 4.39 Å². The van der Waals surface area contributed by atoms with Crippen molar-refractivity contribution in [2.75, 3.05) is 38.1 Å². The number of halogens is 3. The highest BCUT2D eigenvalue weighted by Gasteiger charge is 2.28. The molecule has 3 heterocycles. The summed E-state index contributed by atoms with van der Waals surface area (Å²) in [6.45, 7) is 2.53. The van der Waals surface area contributed by atoms with Crippen molar-refractivity contribution in [3.05, 3.63) is 65.4 Å². The topological polar surface area (TPSA) is 77.2 Å². The third-order valence-corrected chi connectivity index (χ3v) is 7.44. The summed E-state index contributed by atoms with van der Waals surface area (Å²) in [5.74, 6) is -1.49. The van der Waals surface area contributed by atoms with E-state index in [0.717, 1.165) is 25.8 Å². The van der Waals surface area contributed by atoms with Crippen molar-refractivity contribution in [1.82, 2.24) is 20.0 Å². The summed E-state index contributed by atoms with van der Waals surface area (Å²) in [5, 5.41) is 16.9. The Morgan fingerprint density at radius 2 is 1.95 bits per heavy atom. The van der Waals surface area contributed by atoms with Crippen LogP contribution in [0.3, 0.4) is 0 Å². The molecule has 7 nitrogen and oxygen atoms in total. The number of likely N-dealkylation sites (tertiary alicyclic amines) is 1. The van der Waals surface area contributed by atoms with Crippen molar-refractivity contribution >= 4 is 23.2 Å². The first-order valence-electron chi connectivity index (χ1n) is 12.3. The Bertz CT molecular complexity index is 1370. The summed E-state index contributed by atoms with van der Waals surface area (Å²) in [6.07, 6.45) is 2.67. The number of nitrogens with zero attached hydrogens (tertiary/aromatic N) is 5. The molecule has 1 aromatic heterocycles. The lowest BCUT2D eigenvalue weighted by molar-refractivity contribution is 0.0691. The smallest absolute Gasteiger partial charge is 0.274 e. The van der Waals surface area contributed by atoms with Gasteiger partial charge >= 0.3 is 0 Å². The number of amides is 1. The number of carbonyl (C=O) groups excluding carboxylic acids is 1. The van der Waals surface area contributed by atoms with Gasteiger partial charge in [0.25, 0.3) is 5.91 Å². The van der Waals surface area contributed by atoms with Gasteiger partial charge in [-0.3, -0.25) is 4.79 Å². The van der Waals surface area contributed by atoms with E-state index in [1.807, 2.05) is 11.9 Å². The molecule has 2 fully saturated rings. The first-order chi connectivity index (χ1) is 17.9. The van der Waals surface area contributed by atoms with Crippen LogP contribution in [0.4, 0.5) is 14.5 Å². The number of alkyl halides is 1. The quantitative estimate of drug-likeness (QED) is 0.503. The Balaban J connectivity index is 1.56. The molecule has 1 amide bonds. The van der Waals surface area contributed by atoms with Crippen molar-refractivity contribution < 1.29 is 13.6 Å². The monoisotopic (exact) mass is 524 g/mol. The van der Waals surface area contributed by atoms with Crippen LogP contribution in [0.1, 0.15) is 35.3 Å². The van der Waals surface area contributed by atoms with Crippen LogP contribution in [0.15, 0.2) is 42.5 Å². The van der Waals surface area contributed by atoms with Gasteiger partial charge in [0.1, 0.15) is 17.6 Å². The van der Waals surface area contributed by atoms with Crippen molar-refractivity contribution in [2.24, 2.45) is 0 Å². The second kappa shape index (κ2) is 10.5. The molecule has 192 valence electrons. The lowest BCUT2D eigenvalue weighted by atomic mass is 10.1. The predicted molar refractivity (Wildman–Crippen MR) is 138 cm³/mol. The van der Waals surface area contributed by atoms with Crippen LogP contribution in [-0.2, 0) is 0 Å². The van der Waals surface area contributed by atoms with Crippen LogP contribution in [0.5, 0.6) is 0 Å². The Morgan fingerprint density at radius 1 is 1.11 bits per heavy atom. The zero-order chi connectivity index (χ0) is 26.1. The van der Waals surface area contributed by atoms with Gasteiger partial charge in [-0.25, -0.2) is 13.5 Å². The number of anilines is 1. The molecular formula is C27H27ClF2N6O. The number of aromatic nitrogens is 2. The van der Waals surface area contributed by atoms with E-state index in [1.165, 1.54) is 22.9 Å². The van der Waals surface area contributed by atoms with Crippen molar-refractivity contribution in [3.8, 4) is 23.0 Å². The summed E-state index contributed by atoms with van der Waals surface area (Å²) in [6, 6.07) is 12.5. The summed E-state index contributed by atoms with van der Waals surface area (Å²) in [5.41, 5.74) is 1.62. The number of nitriles is 1. The SMILES string of the molecule is CN[C@@H]1CCCN(C(=O)c2cc(-c3ccc(C#N)c(F)c3)n(-c3ccc(N4CC[C@H](Cl)C4)cc3F)n2)C1. The Morgan fingerprint density at radius 3 is 2.62 bits per heavy atom. The average Bonchev–Trinajstić information content (AvgIpc) is 3.55. The molecule has 37 heavy (non-hydrogen) atoms. The van der Waals surface area contributed by atoms with Gasteiger partial charge in [-0.05, 0) is 62.7 Å². The predicted octanol–water partition coefficient (Wildman–Crippen LogP) is 4.33. The second-order valence-corrected chi connectivity index (χ2v) is 10.1. The molecule has 0 bridgehead atoms. The van der Waals surface area contributed by atoms with Gasteiger partial charge in [0.05, 0.1) is 16.6 Å². The van der Waals surface area contributed by atoms with Crippen molar-refractivity contribution in [1.29, 1.82) is 5.26 Å². The van der Waals surface area contributed by atoms with Gasteiger partial charge in [0, 0.05) is 43.5 Å². The molecule has 0 saturated carbocycles. The normalized spacial score (nSPS) is 19.8. The standard InChI is InChI=1S/C27H27ClF2N6O/c1-32-20-3-2-9-35(16-20)27(37)24-13-26(17-4-5-18(14-31)22(29)11-17)36(33-24)25-7-6-21(12-23(25)30)34-10-8-19(28)15-34/h4-7,11-13,19-20,32H,2-3,8-10,15-16H2,1H3/t19-,20+/m0/s1. The minimum absolute atomic E-state index is 0.0256. The maximum atomic E-state index is 15.5. The molecule has 3 aromatic rings. The lowest BCUT2D eigenvalue weighted by Gasteiger charge is -2.32. The molecule has 10 heteroatoms. The lowest BCUT2D eigenvalue weighted by Crippen LogP contribution is -2.47. The first kappa shape index (κ1) is 25.2. The number of likely N-dealkylation sites (N-methyl/N-ethyl adjacent to an activating group) is 1. The number of hydrogen-bond donors (Lipinski definition) is 1. The molecule has 0 unspecified atom stereocenters. The number of nitrogens with one attached hydrogen (secondary N) is 1. The van der Waals surface area contributed by atoms with Gasteiger partial charge in [0.2, 0.25) is 0 Å². The molecular weight excluding hydrogens is 498 g/mol.